The van der Waals surface area contributed by atoms with Crippen LogP contribution in [0.3, 0.4) is 0 Å². The second-order valence-electron chi connectivity index (χ2n) is 5.69. The molecule has 0 fully saturated rings. The second-order valence-corrected chi connectivity index (χ2v) is 5.69. The zero-order valence-electron chi connectivity index (χ0n) is 14.5. The summed E-state index contributed by atoms with van der Waals surface area (Å²) in [4.78, 5) is 13.1. The first-order valence-electron chi connectivity index (χ1n) is 8.07. The number of halogens is 1. The van der Waals surface area contributed by atoms with Gasteiger partial charge >= 0.3 is 0 Å². The molecule has 3 rings (SSSR count). The topological polar surface area (TPSA) is 89.2 Å². The van der Waals surface area contributed by atoms with Gasteiger partial charge in [-0.3, -0.25) is 9.98 Å². The Balaban J connectivity index is 0.00000225. The Kier molecular flexibility index (Phi) is 7.56. The Morgan fingerprint density at radius 2 is 2.32 bits per heavy atom. The van der Waals surface area contributed by atoms with Crippen LogP contribution in [0.25, 0.3) is 0 Å². The Hall–Kier alpha value is -1.75. The van der Waals surface area contributed by atoms with Crippen molar-refractivity contribution in [1.82, 2.24) is 30.4 Å². The minimum absolute atomic E-state index is 0. The third-order valence-electron chi connectivity index (χ3n) is 3.90. The number of guanidine groups is 1. The smallest absolute Gasteiger partial charge is 0.191 e. The van der Waals surface area contributed by atoms with Crippen LogP contribution < -0.4 is 10.6 Å². The first kappa shape index (κ1) is 19.6. The quantitative estimate of drug-likeness (QED) is 0.398. The molecule has 2 N–H and O–H groups in total. The highest BCUT2D eigenvalue weighted by Gasteiger charge is 2.22. The molecule has 1 atom stereocenters. The predicted octanol–water partition coefficient (Wildman–Crippen LogP) is 1.12. The summed E-state index contributed by atoms with van der Waals surface area (Å²) >= 11 is 0. The van der Waals surface area contributed by atoms with Crippen molar-refractivity contribution >= 4 is 29.9 Å². The van der Waals surface area contributed by atoms with Crippen LogP contribution in [0.2, 0.25) is 0 Å². The molecule has 0 radical (unpaired) electrons. The molecule has 0 saturated carbocycles. The molecule has 1 unspecified atom stereocenters. The summed E-state index contributed by atoms with van der Waals surface area (Å²) < 4.78 is 7.06. The molecule has 2 aromatic rings. The fourth-order valence-corrected chi connectivity index (χ4v) is 2.73. The number of hydrogen-bond donors (Lipinski definition) is 2. The van der Waals surface area contributed by atoms with Gasteiger partial charge in [0.15, 0.2) is 11.8 Å². The average molecular weight is 457 g/mol. The normalized spacial score (nSPS) is 16.7. The minimum atomic E-state index is 0. The van der Waals surface area contributed by atoms with Crippen molar-refractivity contribution in [2.45, 2.75) is 38.6 Å². The number of nitrogens with one attached hydrogen (secondary N) is 2. The van der Waals surface area contributed by atoms with Crippen LogP contribution in [-0.4, -0.2) is 45.9 Å². The molecule has 1 aliphatic rings. The van der Waals surface area contributed by atoms with E-state index in [1.54, 1.807) is 20.4 Å². The number of pyridine rings is 1. The van der Waals surface area contributed by atoms with Gasteiger partial charge in [-0.05, 0) is 18.6 Å². The van der Waals surface area contributed by atoms with Crippen LogP contribution in [0.4, 0.5) is 0 Å². The van der Waals surface area contributed by atoms with E-state index < -0.39 is 0 Å². The molecule has 0 aliphatic carbocycles. The summed E-state index contributed by atoms with van der Waals surface area (Å²) in [5, 5.41) is 11.2. The molecular formula is C16H24IN7O. The number of aliphatic imine (C=N–C) groups is 1. The van der Waals surface area contributed by atoms with Crippen molar-refractivity contribution in [2.24, 2.45) is 4.99 Å². The van der Waals surface area contributed by atoms with Crippen LogP contribution in [0.15, 0.2) is 29.4 Å². The van der Waals surface area contributed by atoms with Gasteiger partial charge in [-0.15, -0.1) is 24.0 Å². The van der Waals surface area contributed by atoms with Gasteiger partial charge < -0.3 is 15.4 Å². The Morgan fingerprint density at radius 1 is 1.44 bits per heavy atom. The summed E-state index contributed by atoms with van der Waals surface area (Å²) in [6.07, 6.45) is 3.68. The maximum Gasteiger partial charge on any atom is 0.191 e. The number of fused-ring (bicyclic) bond motifs is 1. The van der Waals surface area contributed by atoms with Gasteiger partial charge in [0, 0.05) is 32.8 Å². The van der Waals surface area contributed by atoms with Crippen molar-refractivity contribution in [1.29, 1.82) is 0 Å². The molecule has 3 heterocycles. The molecule has 0 aromatic carbocycles. The summed E-state index contributed by atoms with van der Waals surface area (Å²) in [5.74, 6) is 2.54. The van der Waals surface area contributed by atoms with Crippen LogP contribution in [0, 0.1) is 0 Å². The average Bonchev–Trinajstić information content (AvgIpc) is 3.01. The first-order chi connectivity index (χ1) is 11.8. The number of hydrogen-bond acceptors (Lipinski definition) is 5. The standard InChI is InChI=1S/C16H23N7O.HI/c1-17-16(19-9-12-5-3-4-8-18-12)20-13-6-7-15-21-14(11-24-2)22-23(15)10-13;/h3-5,8,13H,6-7,9-11H2,1-2H3,(H2,17,19,20);1H. The van der Waals surface area contributed by atoms with Crippen LogP contribution in [-0.2, 0) is 30.9 Å². The summed E-state index contributed by atoms with van der Waals surface area (Å²) in [7, 11) is 3.43. The maximum absolute atomic E-state index is 5.10. The largest absolute Gasteiger partial charge is 0.377 e. The van der Waals surface area contributed by atoms with Crippen molar-refractivity contribution in [3.63, 3.8) is 0 Å². The molecule has 0 amide bonds. The molecule has 0 spiro atoms. The molecule has 25 heavy (non-hydrogen) atoms. The number of ether oxygens (including phenoxy) is 1. The van der Waals surface area contributed by atoms with Crippen molar-refractivity contribution in [3.8, 4) is 0 Å². The van der Waals surface area contributed by atoms with Gasteiger partial charge in [0.1, 0.15) is 12.4 Å². The van der Waals surface area contributed by atoms with Crippen LogP contribution >= 0.6 is 24.0 Å². The van der Waals surface area contributed by atoms with Gasteiger partial charge in [0.05, 0.1) is 18.8 Å². The Bertz CT molecular complexity index is 689. The van der Waals surface area contributed by atoms with E-state index in [9.17, 15) is 0 Å². The number of aryl methyl sites for hydroxylation is 1. The van der Waals surface area contributed by atoms with Crippen LogP contribution in [0.5, 0.6) is 0 Å². The lowest BCUT2D eigenvalue weighted by molar-refractivity contribution is 0.177. The van der Waals surface area contributed by atoms with Gasteiger partial charge in [-0.2, -0.15) is 5.10 Å². The molecule has 0 saturated heterocycles. The number of rotatable bonds is 5. The molecule has 2 aromatic heterocycles. The molecular weight excluding hydrogens is 433 g/mol. The van der Waals surface area contributed by atoms with Crippen molar-refractivity contribution < 1.29 is 4.74 Å². The van der Waals surface area contributed by atoms with E-state index in [1.165, 1.54) is 0 Å². The molecule has 8 nitrogen and oxygen atoms in total. The lowest BCUT2D eigenvalue weighted by Gasteiger charge is -2.25. The van der Waals surface area contributed by atoms with E-state index in [2.05, 4.69) is 30.7 Å². The predicted molar refractivity (Wildman–Crippen MR) is 106 cm³/mol. The van der Waals surface area contributed by atoms with E-state index in [1.807, 2.05) is 22.9 Å². The minimum Gasteiger partial charge on any atom is -0.377 e. The summed E-state index contributed by atoms with van der Waals surface area (Å²) in [6, 6.07) is 6.14. The summed E-state index contributed by atoms with van der Waals surface area (Å²) in [6.45, 7) is 1.86. The monoisotopic (exact) mass is 457 g/mol. The molecule has 0 bridgehead atoms. The van der Waals surface area contributed by atoms with Gasteiger partial charge in [0.2, 0.25) is 0 Å². The van der Waals surface area contributed by atoms with E-state index in [0.717, 1.165) is 42.7 Å². The first-order valence-corrected chi connectivity index (χ1v) is 8.07. The molecule has 9 heteroatoms. The Morgan fingerprint density at radius 3 is 3.04 bits per heavy atom. The van der Waals surface area contributed by atoms with E-state index in [4.69, 9.17) is 4.74 Å². The lowest BCUT2D eigenvalue weighted by Crippen LogP contribution is -2.46. The molecule has 1 aliphatic heterocycles. The number of methoxy groups -OCH3 is 1. The van der Waals surface area contributed by atoms with Gasteiger partial charge in [-0.1, -0.05) is 6.07 Å². The van der Waals surface area contributed by atoms with Crippen molar-refractivity contribution in [3.05, 3.63) is 41.7 Å². The zero-order valence-corrected chi connectivity index (χ0v) is 16.8. The summed E-state index contributed by atoms with van der Waals surface area (Å²) in [5.41, 5.74) is 0.979. The SMILES string of the molecule is CN=C(NCc1ccccn1)NC1CCc2nc(COC)nn2C1.I. The highest BCUT2D eigenvalue weighted by atomic mass is 127. The van der Waals surface area contributed by atoms with Crippen LogP contribution in [0.1, 0.15) is 23.8 Å². The van der Waals surface area contributed by atoms with E-state index in [-0.39, 0.29) is 30.0 Å². The van der Waals surface area contributed by atoms with E-state index in [0.29, 0.717) is 13.2 Å². The highest BCUT2D eigenvalue weighted by Crippen LogP contribution is 2.13. The number of aromatic nitrogens is 4. The fraction of sp³-hybridized carbons (Fsp3) is 0.500. The van der Waals surface area contributed by atoms with Gasteiger partial charge in [0.25, 0.3) is 0 Å². The third kappa shape index (κ3) is 5.36. The van der Waals surface area contributed by atoms with E-state index >= 15 is 0 Å². The lowest BCUT2D eigenvalue weighted by atomic mass is 10.1. The van der Waals surface area contributed by atoms with Gasteiger partial charge in [-0.25, -0.2) is 9.67 Å². The highest BCUT2D eigenvalue weighted by molar-refractivity contribution is 14.0. The zero-order chi connectivity index (χ0) is 16.8. The third-order valence-corrected chi connectivity index (χ3v) is 3.90. The van der Waals surface area contributed by atoms with Crippen molar-refractivity contribution in [2.75, 3.05) is 14.2 Å². The fourth-order valence-electron chi connectivity index (χ4n) is 2.73. The number of nitrogens with zero attached hydrogens (tertiary/aromatic N) is 5. The second kappa shape index (κ2) is 9.66. The Labute approximate surface area is 164 Å². The maximum atomic E-state index is 5.10. The molecule has 136 valence electrons.